The molecule has 150 valence electrons. The highest BCUT2D eigenvalue weighted by Crippen LogP contribution is 2.62. The summed E-state index contributed by atoms with van der Waals surface area (Å²) in [6.45, 7) is 0.130. The number of carbonyl (C=O) groups is 2. The van der Waals surface area contributed by atoms with Gasteiger partial charge in [-0.05, 0) is 35.1 Å². The predicted molar refractivity (Wildman–Crippen MR) is 105 cm³/mol. The number of alkyl carbamates (subject to hydrolysis) is 1. The number of amides is 1. The molecule has 0 bridgehead atoms. The molecule has 3 aliphatic rings. The number of hydrogen-bond donors (Lipinski definition) is 3. The molecule has 1 amide bonds. The smallest absolute Gasteiger partial charge is 0.408 e. The first kappa shape index (κ1) is 18.2. The van der Waals surface area contributed by atoms with E-state index < -0.39 is 29.1 Å². The van der Waals surface area contributed by atoms with Gasteiger partial charge in [0.25, 0.3) is 0 Å². The van der Waals surface area contributed by atoms with E-state index in [0.717, 1.165) is 28.7 Å². The molecule has 0 unspecified atom stereocenters. The maximum Gasteiger partial charge on any atom is 0.408 e. The van der Waals surface area contributed by atoms with Gasteiger partial charge in [-0.25, -0.2) is 9.59 Å². The molecule has 2 aromatic carbocycles. The van der Waals surface area contributed by atoms with Crippen molar-refractivity contribution in [2.75, 3.05) is 6.61 Å². The van der Waals surface area contributed by atoms with E-state index in [1.54, 1.807) is 0 Å². The summed E-state index contributed by atoms with van der Waals surface area (Å²) in [5, 5.41) is 22.6. The fourth-order valence-electron chi connectivity index (χ4n) is 5.50. The van der Waals surface area contributed by atoms with Crippen LogP contribution in [0.15, 0.2) is 48.5 Å². The highest BCUT2D eigenvalue weighted by molar-refractivity contribution is 5.87. The van der Waals surface area contributed by atoms with Crippen LogP contribution in [0.5, 0.6) is 0 Å². The van der Waals surface area contributed by atoms with Crippen molar-refractivity contribution < 1.29 is 24.5 Å². The van der Waals surface area contributed by atoms with Gasteiger partial charge < -0.3 is 20.3 Å². The van der Waals surface area contributed by atoms with Crippen molar-refractivity contribution in [2.24, 2.45) is 5.41 Å². The minimum atomic E-state index is -1.44. The Hall–Kier alpha value is -2.86. The van der Waals surface area contributed by atoms with E-state index in [0.29, 0.717) is 12.8 Å². The molecule has 29 heavy (non-hydrogen) atoms. The van der Waals surface area contributed by atoms with Crippen molar-refractivity contribution in [1.29, 1.82) is 0 Å². The van der Waals surface area contributed by atoms with Crippen LogP contribution in [-0.2, 0) is 9.53 Å². The van der Waals surface area contributed by atoms with E-state index in [4.69, 9.17) is 4.74 Å². The number of carboxylic acid groups (broad SMARTS) is 1. The van der Waals surface area contributed by atoms with Gasteiger partial charge in [0.05, 0.1) is 6.10 Å². The first-order valence-corrected chi connectivity index (χ1v) is 10.0. The molecule has 0 radical (unpaired) electrons. The van der Waals surface area contributed by atoms with Gasteiger partial charge in [0, 0.05) is 17.8 Å². The molecule has 1 spiro atoms. The van der Waals surface area contributed by atoms with Crippen LogP contribution in [0.25, 0.3) is 11.1 Å². The number of fused-ring (bicyclic) bond motifs is 3. The summed E-state index contributed by atoms with van der Waals surface area (Å²) in [5.41, 5.74) is 2.27. The quantitative estimate of drug-likeness (QED) is 0.741. The van der Waals surface area contributed by atoms with Crippen LogP contribution in [0.2, 0.25) is 0 Å². The Labute approximate surface area is 168 Å². The summed E-state index contributed by atoms with van der Waals surface area (Å²) in [7, 11) is 0. The molecule has 0 heterocycles. The molecular weight excluding hydrogens is 370 g/mol. The lowest BCUT2D eigenvalue weighted by atomic mass is 9.43. The van der Waals surface area contributed by atoms with E-state index in [9.17, 15) is 19.8 Å². The number of nitrogens with one attached hydrogen (secondary N) is 1. The Bertz CT molecular complexity index is 953. The molecule has 6 heteroatoms. The zero-order valence-electron chi connectivity index (χ0n) is 15.9. The van der Waals surface area contributed by atoms with Crippen LogP contribution < -0.4 is 5.32 Å². The first-order valence-electron chi connectivity index (χ1n) is 10.0. The molecule has 5 rings (SSSR count). The molecule has 6 nitrogen and oxygen atoms in total. The van der Waals surface area contributed by atoms with Crippen molar-refractivity contribution in [1.82, 2.24) is 5.32 Å². The zero-order valence-corrected chi connectivity index (χ0v) is 15.9. The van der Waals surface area contributed by atoms with Crippen LogP contribution in [-0.4, -0.2) is 40.5 Å². The number of aliphatic carboxylic acids is 1. The van der Waals surface area contributed by atoms with Crippen LogP contribution >= 0.6 is 0 Å². The molecule has 2 fully saturated rings. The summed E-state index contributed by atoms with van der Waals surface area (Å²) >= 11 is 0. The van der Waals surface area contributed by atoms with Crippen molar-refractivity contribution in [2.45, 2.75) is 43.2 Å². The van der Waals surface area contributed by atoms with E-state index in [-0.39, 0.29) is 18.9 Å². The van der Waals surface area contributed by atoms with Gasteiger partial charge in [-0.1, -0.05) is 55.0 Å². The highest BCUT2D eigenvalue weighted by atomic mass is 16.5. The SMILES string of the molecule is O=C(N[C@@]1(C(=O)O)C[C@@H](O)C12CCC2)OCC1c2ccccc2-c2ccccc21. The van der Waals surface area contributed by atoms with Gasteiger partial charge in [0.15, 0.2) is 5.54 Å². The summed E-state index contributed by atoms with van der Waals surface area (Å²) < 4.78 is 5.52. The topological polar surface area (TPSA) is 95.9 Å². The number of carboxylic acids is 1. The van der Waals surface area contributed by atoms with Crippen LogP contribution in [0.4, 0.5) is 4.79 Å². The number of hydrogen-bond acceptors (Lipinski definition) is 4. The van der Waals surface area contributed by atoms with Crippen molar-refractivity contribution in [3.05, 3.63) is 59.7 Å². The fourth-order valence-corrected chi connectivity index (χ4v) is 5.50. The lowest BCUT2D eigenvalue weighted by molar-refractivity contribution is -0.212. The lowest BCUT2D eigenvalue weighted by Crippen LogP contribution is -2.79. The third-order valence-electron chi connectivity index (χ3n) is 7.26. The minimum absolute atomic E-state index is 0.0204. The molecule has 0 aromatic heterocycles. The third kappa shape index (κ3) is 2.38. The highest BCUT2D eigenvalue weighted by Gasteiger charge is 2.72. The number of aliphatic hydroxyl groups excluding tert-OH is 1. The normalized spacial score (nSPS) is 26.0. The summed E-state index contributed by atoms with van der Waals surface area (Å²) in [6.07, 6.45) is 0.646. The third-order valence-corrected chi connectivity index (χ3v) is 7.26. The molecule has 2 aromatic rings. The maximum atomic E-state index is 12.6. The second kappa shape index (κ2) is 6.32. The Balaban J connectivity index is 1.33. The number of aliphatic hydroxyl groups is 1. The largest absolute Gasteiger partial charge is 0.479 e. The van der Waals surface area contributed by atoms with Crippen LogP contribution in [0.3, 0.4) is 0 Å². The molecular formula is C23H23NO5. The maximum absolute atomic E-state index is 12.6. The van der Waals surface area contributed by atoms with Gasteiger partial charge in [0.1, 0.15) is 6.61 Å². The van der Waals surface area contributed by atoms with E-state index in [1.165, 1.54) is 0 Å². The molecule has 0 aliphatic heterocycles. The van der Waals surface area contributed by atoms with E-state index >= 15 is 0 Å². The predicted octanol–water partition coefficient (Wildman–Crippen LogP) is 3.28. The molecule has 0 saturated heterocycles. The second-order valence-electron chi connectivity index (χ2n) is 8.39. The fraction of sp³-hybridized carbons (Fsp3) is 0.391. The van der Waals surface area contributed by atoms with Gasteiger partial charge in [-0.3, -0.25) is 0 Å². The summed E-state index contributed by atoms with van der Waals surface area (Å²) in [5.74, 6) is -1.19. The summed E-state index contributed by atoms with van der Waals surface area (Å²) in [6, 6.07) is 16.1. The molecule has 2 saturated carbocycles. The van der Waals surface area contributed by atoms with Crippen LogP contribution in [0.1, 0.15) is 42.7 Å². The number of carbonyl (C=O) groups excluding carboxylic acids is 1. The van der Waals surface area contributed by atoms with Crippen molar-refractivity contribution in [3.63, 3.8) is 0 Å². The van der Waals surface area contributed by atoms with E-state index in [2.05, 4.69) is 17.4 Å². The molecule has 3 aliphatic carbocycles. The Kier molecular flexibility index (Phi) is 3.96. The van der Waals surface area contributed by atoms with Gasteiger partial charge >= 0.3 is 12.1 Å². The standard InChI is InChI=1S/C23H23NO5/c25-19-12-23(20(26)27,22(19)10-5-11-22)24-21(28)29-13-18-16-8-3-1-6-14(16)15-7-2-4-9-17(15)18/h1-4,6-9,18-19,25H,5,10-13H2,(H,24,28)(H,26,27)/t19-,23-/m1/s1. The number of benzene rings is 2. The molecule has 3 N–H and O–H groups in total. The lowest BCUT2D eigenvalue weighted by Gasteiger charge is -2.64. The Morgan fingerprint density at radius 1 is 1.03 bits per heavy atom. The van der Waals surface area contributed by atoms with Gasteiger partial charge in [-0.15, -0.1) is 0 Å². The van der Waals surface area contributed by atoms with Crippen molar-refractivity contribution >= 4 is 12.1 Å². The summed E-state index contributed by atoms with van der Waals surface area (Å²) in [4.78, 5) is 24.6. The Morgan fingerprint density at radius 2 is 1.62 bits per heavy atom. The van der Waals surface area contributed by atoms with Crippen LogP contribution in [0, 0.1) is 5.41 Å². The van der Waals surface area contributed by atoms with Crippen molar-refractivity contribution in [3.8, 4) is 11.1 Å². The van der Waals surface area contributed by atoms with E-state index in [1.807, 2.05) is 36.4 Å². The minimum Gasteiger partial charge on any atom is -0.479 e. The van der Waals surface area contributed by atoms with Gasteiger partial charge in [0.2, 0.25) is 0 Å². The molecule has 2 atom stereocenters. The second-order valence-corrected chi connectivity index (χ2v) is 8.39. The number of rotatable bonds is 4. The monoisotopic (exact) mass is 393 g/mol. The average molecular weight is 393 g/mol. The van der Waals surface area contributed by atoms with Gasteiger partial charge in [-0.2, -0.15) is 0 Å². The number of ether oxygens (including phenoxy) is 1. The first-order chi connectivity index (χ1) is 14.0. The average Bonchev–Trinajstić information content (AvgIpc) is 2.98. The zero-order chi connectivity index (χ0) is 20.2. The Morgan fingerprint density at radius 3 is 2.10 bits per heavy atom.